The summed E-state index contributed by atoms with van der Waals surface area (Å²) in [6, 6.07) is 0. The minimum Gasteiger partial charge on any atom is -0.295 e. The highest BCUT2D eigenvalue weighted by molar-refractivity contribution is 5.97. The summed E-state index contributed by atoms with van der Waals surface area (Å²) in [6.45, 7) is 2.19. The number of ketones is 1. The van der Waals surface area contributed by atoms with Crippen LogP contribution in [0.25, 0.3) is 0 Å². The predicted octanol–water partition coefficient (Wildman–Crippen LogP) is 2.86. The molecule has 0 bridgehead atoms. The lowest BCUT2D eigenvalue weighted by atomic mass is 9.77. The topological polar surface area (TPSA) is 17.1 Å². The molecular formula is C11H16O. The first-order valence-corrected chi connectivity index (χ1v) is 5.01. The van der Waals surface area contributed by atoms with E-state index in [2.05, 4.69) is 6.92 Å². The van der Waals surface area contributed by atoms with Gasteiger partial charge in [-0.1, -0.05) is 12.5 Å². The van der Waals surface area contributed by atoms with Gasteiger partial charge in [0.15, 0.2) is 5.78 Å². The molecule has 0 heterocycles. The summed E-state index contributed by atoms with van der Waals surface area (Å²) in [5.41, 5.74) is 2.70. The average molecular weight is 164 g/mol. The van der Waals surface area contributed by atoms with Crippen LogP contribution >= 0.6 is 0 Å². The lowest BCUT2D eigenvalue weighted by molar-refractivity contribution is -0.117. The van der Waals surface area contributed by atoms with Gasteiger partial charge in [0.2, 0.25) is 0 Å². The van der Waals surface area contributed by atoms with E-state index in [1.807, 2.05) is 0 Å². The zero-order valence-corrected chi connectivity index (χ0v) is 7.73. The van der Waals surface area contributed by atoms with E-state index in [1.54, 1.807) is 0 Å². The second kappa shape index (κ2) is 3.04. The highest BCUT2D eigenvalue weighted by atomic mass is 16.1. The third-order valence-corrected chi connectivity index (χ3v) is 3.05. The molecule has 0 aliphatic heterocycles. The number of Topliss-reactive ketones (excluding diaryl/α,β-unsaturated/α-hetero) is 1. The lowest BCUT2D eigenvalue weighted by Crippen LogP contribution is -2.19. The van der Waals surface area contributed by atoms with Gasteiger partial charge >= 0.3 is 0 Å². The van der Waals surface area contributed by atoms with Gasteiger partial charge in [-0.3, -0.25) is 4.79 Å². The van der Waals surface area contributed by atoms with Crippen LogP contribution in [-0.4, -0.2) is 5.78 Å². The number of rotatable bonds is 0. The fourth-order valence-electron chi connectivity index (χ4n) is 2.46. The number of hydrogen-bond donors (Lipinski definition) is 0. The molecule has 0 amide bonds. The monoisotopic (exact) mass is 164 g/mol. The van der Waals surface area contributed by atoms with Crippen LogP contribution in [0.5, 0.6) is 0 Å². The summed E-state index contributed by atoms with van der Waals surface area (Å²) < 4.78 is 0. The van der Waals surface area contributed by atoms with Crippen molar-refractivity contribution in [1.29, 1.82) is 0 Å². The average Bonchev–Trinajstić information content (AvgIpc) is 2.04. The zero-order chi connectivity index (χ0) is 8.55. The largest absolute Gasteiger partial charge is 0.295 e. The van der Waals surface area contributed by atoms with Crippen LogP contribution < -0.4 is 0 Å². The van der Waals surface area contributed by atoms with Crippen LogP contribution in [0, 0.1) is 5.92 Å². The van der Waals surface area contributed by atoms with E-state index in [9.17, 15) is 4.79 Å². The molecule has 0 aromatic heterocycles. The molecule has 2 aliphatic carbocycles. The summed E-state index contributed by atoms with van der Waals surface area (Å²) >= 11 is 0. The summed E-state index contributed by atoms with van der Waals surface area (Å²) in [6.07, 6.45) is 6.81. The maximum absolute atomic E-state index is 11.6. The smallest absolute Gasteiger partial charge is 0.159 e. The summed E-state index contributed by atoms with van der Waals surface area (Å²) in [4.78, 5) is 11.6. The Morgan fingerprint density at radius 2 is 1.92 bits per heavy atom. The first-order chi connectivity index (χ1) is 5.77. The van der Waals surface area contributed by atoms with Crippen molar-refractivity contribution in [2.45, 2.75) is 45.4 Å². The molecule has 1 atom stereocenters. The zero-order valence-electron chi connectivity index (χ0n) is 7.73. The van der Waals surface area contributed by atoms with Gasteiger partial charge in [-0.15, -0.1) is 0 Å². The van der Waals surface area contributed by atoms with Gasteiger partial charge in [-0.25, -0.2) is 0 Å². The predicted molar refractivity (Wildman–Crippen MR) is 48.9 cm³/mol. The van der Waals surface area contributed by atoms with Crippen molar-refractivity contribution < 1.29 is 4.79 Å². The fraction of sp³-hybridized carbons (Fsp3) is 0.727. The minimum atomic E-state index is 0.448. The first-order valence-electron chi connectivity index (χ1n) is 5.01. The molecular weight excluding hydrogens is 148 g/mol. The summed E-state index contributed by atoms with van der Waals surface area (Å²) in [5.74, 6) is 1.05. The fourth-order valence-corrected chi connectivity index (χ4v) is 2.46. The summed E-state index contributed by atoms with van der Waals surface area (Å²) in [7, 11) is 0. The Morgan fingerprint density at radius 1 is 1.17 bits per heavy atom. The van der Waals surface area contributed by atoms with E-state index >= 15 is 0 Å². The normalized spacial score (nSPS) is 30.4. The Hall–Kier alpha value is -0.590. The number of hydrogen-bond acceptors (Lipinski definition) is 1. The van der Waals surface area contributed by atoms with E-state index in [0.29, 0.717) is 11.7 Å². The molecule has 0 aromatic carbocycles. The van der Waals surface area contributed by atoms with Gasteiger partial charge in [-0.05, 0) is 43.6 Å². The van der Waals surface area contributed by atoms with Gasteiger partial charge < -0.3 is 0 Å². The molecule has 1 unspecified atom stereocenters. The molecule has 0 spiro atoms. The quantitative estimate of drug-likeness (QED) is 0.538. The van der Waals surface area contributed by atoms with E-state index < -0.39 is 0 Å². The lowest BCUT2D eigenvalue weighted by Gasteiger charge is -2.27. The minimum absolute atomic E-state index is 0.448. The van der Waals surface area contributed by atoms with Gasteiger partial charge in [0.25, 0.3) is 0 Å². The number of allylic oxidation sites excluding steroid dienone is 2. The molecule has 2 aliphatic rings. The van der Waals surface area contributed by atoms with Crippen LogP contribution in [0.4, 0.5) is 0 Å². The molecule has 0 fully saturated rings. The Balaban J connectivity index is 2.26. The molecule has 12 heavy (non-hydrogen) atoms. The Bertz CT molecular complexity index is 237. The highest BCUT2D eigenvalue weighted by Crippen LogP contribution is 2.35. The van der Waals surface area contributed by atoms with Crippen molar-refractivity contribution in [3.05, 3.63) is 11.1 Å². The second-order valence-electron chi connectivity index (χ2n) is 4.23. The van der Waals surface area contributed by atoms with E-state index in [1.165, 1.54) is 36.8 Å². The van der Waals surface area contributed by atoms with Crippen molar-refractivity contribution in [2.24, 2.45) is 5.92 Å². The van der Waals surface area contributed by atoms with E-state index in [4.69, 9.17) is 0 Å². The van der Waals surface area contributed by atoms with Gasteiger partial charge in [0.05, 0.1) is 0 Å². The molecule has 0 saturated carbocycles. The standard InChI is InChI=1S/C11H16O/c1-8-6-9-4-2-3-5-10(9)11(12)7-8/h8H,2-7H2,1H3. The Kier molecular flexibility index (Phi) is 2.03. The first kappa shape index (κ1) is 8.03. The molecule has 66 valence electrons. The summed E-state index contributed by atoms with van der Waals surface area (Å²) in [5, 5.41) is 0. The van der Waals surface area contributed by atoms with Crippen LogP contribution in [0.2, 0.25) is 0 Å². The SMILES string of the molecule is CC1CC(=O)C2=C(CCCC2)C1. The van der Waals surface area contributed by atoms with Crippen molar-refractivity contribution in [3.63, 3.8) is 0 Å². The van der Waals surface area contributed by atoms with Gasteiger partial charge in [-0.2, -0.15) is 0 Å². The van der Waals surface area contributed by atoms with Gasteiger partial charge in [0, 0.05) is 6.42 Å². The molecule has 0 N–H and O–H groups in total. The van der Waals surface area contributed by atoms with Crippen LogP contribution in [0.15, 0.2) is 11.1 Å². The van der Waals surface area contributed by atoms with Crippen molar-refractivity contribution in [2.75, 3.05) is 0 Å². The molecule has 0 radical (unpaired) electrons. The van der Waals surface area contributed by atoms with Crippen LogP contribution in [-0.2, 0) is 4.79 Å². The van der Waals surface area contributed by atoms with E-state index in [0.717, 1.165) is 12.8 Å². The molecule has 0 aromatic rings. The maximum atomic E-state index is 11.6. The third-order valence-electron chi connectivity index (χ3n) is 3.05. The van der Waals surface area contributed by atoms with Crippen LogP contribution in [0.3, 0.4) is 0 Å². The molecule has 0 saturated heterocycles. The second-order valence-corrected chi connectivity index (χ2v) is 4.23. The molecule has 1 heteroatoms. The molecule has 2 rings (SSSR count). The van der Waals surface area contributed by atoms with Crippen molar-refractivity contribution >= 4 is 5.78 Å². The third kappa shape index (κ3) is 1.33. The Morgan fingerprint density at radius 3 is 2.75 bits per heavy atom. The highest BCUT2D eigenvalue weighted by Gasteiger charge is 2.26. The molecule has 1 nitrogen and oxygen atoms in total. The number of carbonyl (C=O) groups excluding carboxylic acids is 1. The Labute approximate surface area is 73.8 Å². The van der Waals surface area contributed by atoms with Crippen molar-refractivity contribution in [3.8, 4) is 0 Å². The van der Waals surface area contributed by atoms with E-state index in [-0.39, 0.29) is 0 Å². The maximum Gasteiger partial charge on any atom is 0.159 e. The van der Waals surface area contributed by atoms with Crippen molar-refractivity contribution in [1.82, 2.24) is 0 Å². The number of carbonyl (C=O) groups is 1. The van der Waals surface area contributed by atoms with Crippen LogP contribution in [0.1, 0.15) is 45.4 Å². The van der Waals surface area contributed by atoms with Gasteiger partial charge in [0.1, 0.15) is 0 Å².